The van der Waals surface area contributed by atoms with Gasteiger partial charge in [-0.25, -0.2) is 0 Å². The Morgan fingerprint density at radius 2 is 1.69 bits per heavy atom. The van der Waals surface area contributed by atoms with E-state index < -0.39 is 4.75 Å². The van der Waals surface area contributed by atoms with Crippen molar-refractivity contribution in [1.82, 2.24) is 4.90 Å². The number of benzene rings is 3. The number of fused-ring (bicyclic) bond motifs is 1. The number of hydrogen-bond donors (Lipinski definition) is 2. The van der Waals surface area contributed by atoms with Crippen LogP contribution in [-0.4, -0.2) is 33.5 Å². The van der Waals surface area contributed by atoms with Gasteiger partial charge in [0.1, 0.15) is 0 Å². The van der Waals surface area contributed by atoms with Gasteiger partial charge in [0.15, 0.2) is 0 Å². The largest absolute Gasteiger partial charge is 0.326 e. The minimum Gasteiger partial charge on any atom is -0.326 e. The minimum absolute atomic E-state index is 0.124. The highest BCUT2D eigenvalue weighted by atomic mass is 32.2. The van der Waals surface area contributed by atoms with Crippen LogP contribution in [0.1, 0.15) is 26.7 Å². The van der Waals surface area contributed by atoms with Gasteiger partial charge in [0.2, 0.25) is 11.8 Å². The van der Waals surface area contributed by atoms with E-state index in [9.17, 15) is 9.59 Å². The highest BCUT2D eigenvalue weighted by Gasteiger charge is 2.34. The molecule has 0 heterocycles. The zero-order chi connectivity index (χ0) is 23.3. The first kappa shape index (κ1) is 24.3. The number of amides is 2. The second-order valence-corrected chi connectivity index (χ2v) is 10.6. The Kier molecular flexibility index (Phi) is 7.98. The van der Waals surface area contributed by atoms with Gasteiger partial charge in [0, 0.05) is 40.1 Å². The summed E-state index contributed by atoms with van der Waals surface area (Å²) in [4.78, 5) is 29.6. The molecule has 1 unspecified atom stereocenters. The molecule has 0 saturated heterocycles. The van der Waals surface area contributed by atoms with Gasteiger partial charge in [-0.2, -0.15) is 0 Å². The van der Waals surface area contributed by atoms with Crippen molar-refractivity contribution in [2.45, 2.75) is 41.2 Å². The average molecular weight is 483 g/mol. The van der Waals surface area contributed by atoms with Gasteiger partial charge in [0.05, 0.1) is 4.99 Å². The molecule has 4 nitrogen and oxygen atoms in total. The minimum atomic E-state index is -0.712. The maximum Gasteiger partial charge on any atom is 0.228 e. The highest BCUT2D eigenvalue weighted by Crippen LogP contribution is 2.44. The van der Waals surface area contributed by atoms with Gasteiger partial charge in [-0.05, 0) is 42.8 Å². The van der Waals surface area contributed by atoms with Crippen LogP contribution in [-0.2, 0) is 9.59 Å². The summed E-state index contributed by atoms with van der Waals surface area (Å²) in [5.74, 6) is -0.275. The van der Waals surface area contributed by atoms with Crippen molar-refractivity contribution in [3.8, 4) is 0 Å². The number of anilines is 1. The molecule has 1 N–H and O–H groups in total. The van der Waals surface area contributed by atoms with E-state index in [1.54, 1.807) is 14.0 Å². The van der Waals surface area contributed by atoms with E-state index >= 15 is 0 Å². The molecule has 3 rings (SSSR count). The molecule has 7 heteroatoms. The lowest BCUT2D eigenvalue weighted by Gasteiger charge is -2.31. The standard InChI is InChI=1S/C25H26N2O2S3/c1-17(30)27(3)23(29)16-25(2,15-22(28)26-19-10-5-4-6-11-19)32-24-20-12-8-7-9-18(20)13-14-21(24)31/h4-14,31H,15-16H2,1-3H3,(H,26,28). The van der Waals surface area contributed by atoms with E-state index in [-0.39, 0.29) is 24.7 Å². The fourth-order valence-electron chi connectivity index (χ4n) is 3.40. The van der Waals surface area contributed by atoms with Crippen LogP contribution in [0.25, 0.3) is 10.8 Å². The monoisotopic (exact) mass is 482 g/mol. The van der Waals surface area contributed by atoms with Crippen LogP contribution < -0.4 is 5.32 Å². The first-order chi connectivity index (χ1) is 15.2. The summed E-state index contributed by atoms with van der Waals surface area (Å²) >= 11 is 11.4. The third kappa shape index (κ3) is 6.12. The van der Waals surface area contributed by atoms with Crippen molar-refractivity contribution in [2.75, 3.05) is 12.4 Å². The molecule has 32 heavy (non-hydrogen) atoms. The summed E-state index contributed by atoms with van der Waals surface area (Å²) in [6.45, 7) is 3.66. The van der Waals surface area contributed by atoms with E-state index in [1.165, 1.54) is 16.7 Å². The van der Waals surface area contributed by atoms with Gasteiger partial charge in [-0.1, -0.05) is 60.7 Å². The van der Waals surface area contributed by atoms with Crippen LogP contribution in [0.4, 0.5) is 5.69 Å². The van der Waals surface area contributed by atoms with E-state index in [4.69, 9.17) is 12.2 Å². The van der Waals surface area contributed by atoms with Crippen LogP contribution in [0.15, 0.2) is 76.5 Å². The topological polar surface area (TPSA) is 49.4 Å². The third-order valence-corrected chi connectivity index (χ3v) is 7.39. The van der Waals surface area contributed by atoms with E-state index in [1.807, 2.05) is 73.7 Å². The maximum atomic E-state index is 13.0. The second kappa shape index (κ2) is 10.5. The number of nitrogens with zero attached hydrogens (tertiary/aromatic N) is 1. The van der Waals surface area contributed by atoms with Crippen molar-refractivity contribution in [1.29, 1.82) is 0 Å². The molecular formula is C25H26N2O2S3. The Morgan fingerprint density at radius 1 is 1.03 bits per heavy atom. The van der Waals surface area contributed by atoms with Crippen LogP contribution in [0.2, 0.25) is 0 Å². The van der Waals surface area contributed by atoms with E-state index in [2.05, 4.69) is 17.9 Å². The lowest BCUT2D eigenvalue weighted by atomic mass is 10.0. The Bertz CT molecular complexity index is 1150. The molecule has 0 aliphatic carbocycles. The van der Waals surface area contributed by atoms with Crippen LogP contribution in [0.3, 0.4) is 0 Å². The highest BCUT2D eigenvalue weighted by molar-refractivity contribution is 8.01. The molecule has 0 aromatic heterocycles. The number of rotatable bonds is 7. The smallest absolute Gasteiger partial charge is 0.228 e. The van der Waals surface area contributed by atoms with Crippen molar-refractivity contribution in [3.63, 3.8) is 0 Å². The van der Waals surface area contributed by atoms with Crippen LogP contribution in [0.5, 0.6) is 0 Å². The lowest BCUT2D eigenvalue weighted by Crippen LogP contribution is -2.38. The Balaban J connectivity index is 1.93. The summed E-state index contributed by atoms with van der Waals surface area (Å²) < 4.78 is -0.712. The average Bonchev–Trinajstić information content (AvgIpc) is 2.75. The SMILES string of the molecule is CC(=S)N(C)C(=O)CC(C)(CC(=O)Nc1ccccc1)Sc1c(S)ccc2ccccc12. The number of thiocarbonyl (C=S) groups is 1. The van der Waals surface area contributed by atoms with Gasteiger partial charge in [-0.15, -0.1) is 24.4 Å². The van der Waals surface area contributed by atoms with Gasteiger partial charge in [-0.3, -0.25) is 9.59 Å². The second-order valence-electron chi connectivity index (χ2n) is 7.93. The number of nitrogens with one attached hydrogen (secondary N) is 1. The first-order valence-electron chi connectivity index (χ1n) is 10.2. The molecule has 0 fully saturated rings. The Labute approximate surface area is 204 Å². The molecule has 166 valence electrons. The molecule has 3 aromatic rings. The normalized spacial score (nSPS) is 12.8. The fraction of sp³-hybridized carbons (Fsp3) is 0.240. The van der Waals surface area contributed by atoms with Gasteiger partial charge < -0.3 is 10.2 Å². The van der Waals surface area contributed by atoms with Crippen molar-refractivity contribution in [2.24, 2.45) is 0 Å². The molecule has 0 aliphatic rings. The summed E-state index contributed by atoms with van der Waals surface area (Å²) in [5.41, 5.74) is 0.725. The number of carbonyl (C=O) groups is 2. The summed E-state index contributed by atoms with van der Waals surface area (Å²) in [7, 11) is 1.67. The van der Waals surface area contributed by atoms with Crippen molar-refractivity contribution >= 4 is 69.9 Å². The Hall–Kier alpha value is -2.35. The van der Waals surface area contributed by atoms with Crippen LogP contribution >= 0.6 is 36.6 Å². The van der Waals surface area contributed by atoms with E-state index in [0.717, 1.165) is 26.3 Å². The predicted octanol–water partition coefficient (Wildman–Crippen LogP) is 6.20. The molecular weight excluding hydrogens is 456 g/mol. The molecule has 0 saturated carbocycles. The number of thiol groups is 1. The first-order valence-corrected chi connectivity index (χ1v) is 11.9. The molecule has 2 amide bonds. The number of para-hydroxylation sites is 1. The predicted molar refractivity (Wildman–Crippen MR) is 141 cm³/mol. The summed E-state index contributed by atoms with van der Waals surface area (Å²) in [6.07, 6.45) is 0.305. The lowest BCUT2D eigenvalue weighted by molar-refractivity contribution is -0.127. The molecule has 3 aromatic carbocycles. The van der Waals surface area contributed by atoms with Crippen molar-refractivity contribution < 1.29 is 9.59 Å². The molecule has 0 spiro atoms. The van der Waals surface area contributed by atoms with Gasteiger partial charge >= 0.3 is 0 Å². The fourth-order valence-corrected chi connectivity index (χ4v) is 5.19. The summed E-state index contributed by atoms with van der Waals surface area (Å²) in [6, 6.07) is 21.3. The third-order valence-electron chi connectivity index (χ3n) is 5.17. The summed E-state index contributed by atoms with van der Waals surface area (Å²) in [5, 5.41) is 5.07. The zero-order valence-corrected chi connectivity index (χ0v) is 20.8. The number of hydrogen-bond acceptors (Lipinski definition) is 5. The quantitative estimate of drug-likeness (QED) is 0.239. The van der Waals surface area contributed by atoms with Crippen molar-refractivity contribution in [3.05, 3.63) is 66.7 Å². The van der Waals surface area contributed by atoms with Crippen LogP contribution in [0, 0.1) is 0 Å². The molecule has 0 bridgehead atoms. The molecule has 0 radical (unpaired) electrons. The zero-order valence-electron chi connectivity index (χ0n) is 18.3. The maximum absolute atomic E-state index is 13.0. The molecule has 0 aliphatic heterocycles. The van der Waals surface area contributed by atoms with Gasteiger partial charge in [0.25, 0.3) is 0 Å². The number of carbonyl (C=O) groups excluding carboxylic acids is 2. The molecule has 1 atom stereocenters. The number of thioether (sulfide) groups is 1. The van der Waals surface area contributed by atoms with E-state index in [0.29, 0.717) is 4.99 Å². The Morgan fingerprint density at radius 3 is 2.38 bits per heavy atom.